The van der Waals surface area contributed by atoms with Gasteiger partial charge in [0.1, 0.15) is 0 Å². The molecule has 0 aromatic rings. The van der Waals surface area contributed by atoms with Gasteiger partial charge in [0.2, 0.25) is 5.91 Å². The Morgan fingerprint density at radius 2 is 2.13 bits per heavy atom. The summed E-state index contributed by atoms with van der Waals surface area (Å²) in [5, 5.41) is 3.25. The van der Waals surface area contributed by atoms with E-state index in [9.17, 15) is 4.79 Å². The van der Waals surface area contributed by atoms with E-state index < -0.39 is 0 Å². The summed E-state index contributed by atoms with van der Waals surface area (Å²) in [6, 6.07) is 0. The Labute approximate surface area is 92.0 Å². The molecule has 4 heteroatoms. The molecule has 4 nitrogen and oxygen atoms in total. The summed E-state index contributed by atoms with van der Waals surface area (Å²) in [6.07, 6.45) is 1.89. The molecule has 0 aromatic heterocycles. The summed E-state index contributed by atoms with van der Waals surface area (Å²) >= 11 is 0. The van der Waals surface area contributed by atoms with Gasteiger partial charge in [-0.25, -0.2) is 0 Å². The van der Waals surface area contributed by atoms with Crippen LogP contribution in [0.1, 0.15) is 19.8 Å². The van der Waals surface area contributed by atoms with Gasteiger partial charge in [0.05, 0.1) is 0 Å². The molecule has 1 amide bonds. The molecule has 0 aliphatic carbocycles. The molecule has 0 spiro atoms. The lowest BCUT2D eigenvalue weighted by molar-refractivity contribution is -0.135. The number of carbonyl (C=O) groups excluding carboxylic acids is 1. The van der Waals surface area contributed by atoms with E-state index in [1.54, 1.807) is 7.11 Å². The first-order valence-electron chi connectivity index (χ1n) is 5.74. The first kappa shape index (κ1) is 12.5. The minimum absolute atomic E-state index is 0.137. The Bertz CT molecular complexity index is 191. The number of nitrogens with zero attached hydrogens (tertiary/aromatic N) is 1. The van der Waals surface area contributed by atoms with Gasteiger partial charge in [-0.2, -0.15) is 0 Å². The highest BCUT2D eigenvalue weighted by Crippen LogP contribution is 2.10. The van der Waals surface area contributed by atoms with Gasteiger partial charge in [-0.05, 0) is 12.8 Å². The van der Waals surface area contributed by atoms with Crippen LogP contribution in [0, 0.1) is 5.92 Å². The van der Waals surface area contributed by atoms with Crippen molar-refractivity contribution in [1.29, 1.82) is 0 Å². The number of amides is 1. The highest BCUT2D eigenvalue weighted by atomic mass is 16.5. The van der Waals surface area contributed by atoms with E-state index in [-0.39, 0.29) is 5.92 Å². The van der Waals surface area contributed by atoms with Crippen LogP contribution in [0.2, 0.25) is 0 Å². The van der Waals surface area contributed by atoms with E-state index in [1.165, 1.54) is 0 Å². The fourth-order valence-electron chi connectivity index (χ4n) is 1.85. The lowest BCUT2D eigenvalue weighted by Gasteiger charge is -2.29. The van der Waals surface area contributed by atoms with Gasteiger partial charge in [0.15, 0.2) is 0 Å². The van der Waals surface area contributed by atoms with Crippen LogP contribution in [0.25, 0.3) is 0 Å². The van der Waals surface area contributed by atoms with Crippen LogP contribution in [-0.4, -0.2) is 50.7 Å². The van der Waals surface area contributed by atoms with Gasteiger partial charge in [0, 0.05) is 45.8 Å². The fourth-order valence-corrected chi connectivity index (χ4v) is 1.85. The number of piperazine rings is 1. The van der Waals surface area contributed by atoms with Crippen molar-refractivity contribution in [3.8, 4) is 0 Å². The lowest BCUT2D eigenvalue weighted by atomic mass is 10.0. The molecular weight excluding hydrogens is 192 g/mol. The van der Waals surface area contributed by atoms with Crippen LogP contribution >= 0.6 is 0 Å². The average molecular weight is 214 g/mol. The number of carbonyl (C=O) groups is 1. The number of methoxy groups -OCH3 is 1. The van der Waals surface area contributed by atoms with Crippen LogP contribution in [0.3, 0.4) is 0 Å². The van der Waals surface area contributed by atoms with E-state index >= 15 is 0 Å². The van der Waals surface area contributed by atoms with Crippen molar-refractivity contribution in [2.24, 2.45) is 5.92 Å². The molecule has 1 fully saturated rings. The fraction of sp³-hybridized carbons (Fsp3) is 0.909. The monoisotopic (exact) mass is 214 g/mol. The van der Waals surface area contributed by atoms with Crippen molar-refractivity contribution in [2.75, 3.05) is 39.9 Å². The van der Waals surface area contributed by atoms with Gasteiger partial charge in [0.25, 0.3) is 0 Å². The Morgan fingerprint density at radius 3 is 2.73 bits per heavy atom. The Balaban J connectivity index is 2.24. The summed E-state index contributed by atoms with van der Waals surface area (Å²) < 4.78 is 4.98. The molecule has 0 radical (unpaired) electrons. The minimum Gasteiger partial charge on any atom is -0.385 e. The maximum Gasteiger partial charge on any atom is 0.225 e. The molecule has 1 N–H and O–H groups in total. The number of hydrogen-bond donors (Lipinski definition) is 1. The average Bonchev–Trinajstić information content (AvgIpc) is 2.29. The molecular formula is C11H22N2O2. The molecule has 1 atom stereocenters. The molecule has 88 valence electrons. The topological polar surface area (TPSA) is 41.6 Å². The molecule has 1 rings (SSSR count). The Morgan fingerprint density at radius 1 is 1.47 bits per heavy atom. The number of rotatable bonds is 5. The number of hydrogen-bond acceptors (Lipinski definition) is 3. The number of ether oxygens (including phenoxy) is 1. The second-order valence-corrected chi connectivity index (χ2v) is 4.11. The SMILES string of the molecule is COCCCC(C)C(=O)N1CCNCC1. The number of nitrogens with one attached hydrogen (secondary N) is 1. The summed E-state index contributed by atoms with van der Waals surface area (Å²) in [5.41, 5.74) is 0. The standard InChI is InChI=1S/C11H22N2O2/c1-10(4-3-9-15-2)11(14)13-7-5-12-6-8-13/h10,12H,3-9H2,1-2H3. The van der Waals surface area contributed by atoms with E-state index in [4.69, 9.17) is 4.74 Å². The third-order valence-electron chi connectivity index (χ3n) is 2.84. The molecule has 1 saturated heterocycles. The predicted molar refractivity (Wildman–Crippen MR) is 59.7 cm³/mol. The maximum absolute atomic E-state index is 11.9. The first-order valence-corrected chi connectivity index (χ1v) is 5.74. The van der Waals surface area contributed by atoms with E-state index in [0.717, 1.165) is 45.6 Å². The van der Waals surface area contributed by atoms with Crippen LogP contribution in [0.4, 0.5) is 0 Å². The molecule has 1 aliphatic rings. The molecule has 0 aromatic carbocycles. The maximum atomic E-state index is 11.9. The smallest absolute Gasteiger partial charge is 0.225 e. The van der Waals surface area contributed by atoms with Gasteiger partial charge in [-0.3, -0.25) is 4.79 Å². The second kappa shape index (κ2) is 6.80. The summed E-state index contributed by atoms with van der Waals surface area (Å²) in [6.45, 7) is 6.33. The molecule has 0 bridgehead atoms. The molecule has 1 heterocycles. The van der Waals surface area contributed by atoms with Crippen LogP contribution in [0.15, 0.2) is 0 Å². The van der Waals surface area contributed by atoms with Gasteiger partial charge in [-0.1, -0.05) is 6.92 Å². The third kappa shape index (κ3) is 4.18. The zero-order valence-electron chi connectivity index (χ0n) is 9.79. The van der Waals surface area contributed by atoms with E-state index in [0.29, 0.717) is 5.91 Å². The van der Waals surface area contributed by atoms with Gasteiger partial charge < -0.3 is 15.0 Å². The normalized spacial score (nSPS) is 18.9. The molecule has 0 saturated carbocycles. The zero-order valence-corrected chi connectivity index (χ0v) is 9.79. The van der Waals surface area contributed by atoms with Crippen LogP contribution < -0.4 is 5.32 Å². The molecule has 1 aliphatic heterocycles. The largest absolute Gasteiger partial charge is 0.385 e. The van der Waals surface area contributed by atoms with Crippen molar-refractivity contribution in [3.63, 3.8) is 0 Å². The van der Waals surface area contributed by atoms with Crippen molar-refractivity contribution >= 4 is 5.91 Å². The lowest BCUT2D eigenvalue weighted by Crippen LogP contribution is -2.48. The Kier molecular flexibility index (Phi) is 5.65. The second-order valence-electron chi connectivity index (χ2n) is 4.11. The highest BCUT2D eigenvalue weighted by Gasteiger charge is 2.21. The van der Waals surface area contributed by atoms with Crippen LogP contribution in [0.5, 0.6) is 0 Å². The quantitative estimate of drug-likeness (QED) is 0.677. The molecule has 1 unspecified atom stereocenters. The summed E-state index contributed by atoms with van der Waals surface area (Å²) in [5.74, 6) is 0.436. The van der Waals surface area contributed by atoms with E-state index in [1.807, 2.05) is 11.8 Å². The molecule has 15 heavy (non-hydrogen) atoms. The highest BCUT2D eigenvalue weighted by molar-refractivity contribution is 5.78. The van der Waals surface area contributed by atoms with Gasteiger partial charge >= 0.3 is 0 Å². The van der Waals surface area contributed by atoms with Crippen molar-refractivity contribution < 1.29 is 9.53 Å². The van der Waals surface area contributed by atoms with Crippen molar-refractivity contribution in [2.45, 2.75) is 19.8 Å². The third-order valence-corrected chi connectivity index (χ3v) is 2.84. The zero-order chi connectivity index (χ0) is 11.1. The van der Waals surface area contributed by atoms with Crippen molar-refractivity contribution in [3.05, 3.63) is 0 Å². The Hall–Kier alpha value is -0.610. The van der Waals surface area contributed by atoms with Gasteiger partial charge in [-0.15, -0.1) is 0 Å². The van der Waals surface area contributed by atoms with Crippen LogP contribution in [-0.2, 0) is 9.53 Å². The minimum atomic E-state index is 0.137. The summed E-state index contributed by atoms with van der Waals surface area (Å²) in [4.78, 5) is 13.9. The predicted octanol–water partition coefficient (Wildman–Crippen LogP) is 0.481. The summed E-state index contributed by atoms with van der Waals surface area (Å²) in [7, 11) is 1.70. The first-order chi connectivity index (χ1) is 7.25. The van der Waals surface area contributed by atoms with Crippen molar-refractivity contribution in [1.82, 2.24) is 10.2 Å². The van der Waals surface area contributed by atoms with E-state index in [2.05, 4.69) is 5.32 Å².